The van der Waals surface area contributed by atoms with Crippen molar-refractivity contribution in [2.45, 2.75) is 33.0 Å². The predicted molar refractivity (Wildman–Crippen MR) is 113 cm³/mol. The lowest BCUT2D eigenvalue weighted by Crippen LogP contribution is -2.49. The molecule has 0 unspecified atom stereocenters. The summed E-state index contributed by atoms with van der Waals surface area (Å²) >= 11 is 0. The van der Waals surface area contributed by atoms with E-state index in [1.165, 1.54) is 6.07 Å². The van der Waals surface area contributed by atoms with Gasteiger partial charge >= 0.3 is 0 Å². The second-order valence-electron chi connectivity index (χ2n) is 7.64. The van der Waals surface area contributed by atoms with E-state index in [9.17, 15) is 13.6 Å². The number of benzene rings is 1. The monoisotopic (exact) mass is 427 g/mol. The highest BCUT2D eigenvalue weighted by Gasteiger charge is 2.34. The fraction of sp³-hybridized carbons (Fsp3) is 0.333. The average molecular weight is 427 g/mol. The lowest BCUT2D eigenvalue weighted by molar-refractivity contribution is -0.119. The third-order valence-electron chi connectivity index (χ3n) is 5.44. The van der Waals surface area contributed by atoms with E-state index >= 15 is 0 Å². The topological polar surface area (TPSA) is 79.2 Å². The van der Waals surface area contributed by atoms with Crippen LogP contribution in [0.1, 0.15) is 23.7 Å². The Labute approximate surface area is 178 Å². The molecule has 1 atom stereocenters. The minimum atomic E-state index is -0.877. The minimum absolute atomic E-state index is 0.00383. The Morgan fingerprint density at radius 3 is 2.65 bits per heavy atom. The maximum Gasteiger partial charge on any atom is 0.249 e. The van der Waals surface area contributed by atoms with E-state index in [1.54, 1.807) is 22.8 Å². The van der Waals surface area contributed by atoms with Crippen molar-refractivity contribution in [2.75, 3.05) is 29.2 Å². The standard InChI is InChI=1S/C21H23F2N7O/c1-12-18-19(28(3)13(2)20(31)29(18)4)27-21(26-12)24-8-15-9-25-30(11-15)10-14-5-6-16(22)17(23)7-14/h5-7,9,11,13H,8,10H2,1-4H3,(H,24,26,27)/t13-/m0/s1. The molecule has 1 aliphatic rings. The molecule has 0 radical (unpaired) electrons. The number of nitrogens with zero attached hydrogens (tertiary/aromatic N) is 6. The number of carbonyl (C=O) groups excluding carboxylic acids is 1. The minimum Gasteiger partial charge on any atom is -0.350 e. The van der Waals surface area contributed by atoms with Gasteiger partial charge in [-0.25, -0.2) is 13.8 Å². The molecule has 2 aromatic heterocycles. The maximum atomic E-state index is 13.4. The Balaban J connectivity index is 1.47. The van der Waals surface area contributed by atoms with Crippen LogP contribution in [-0.2, 0) is 17.9 Å². The van der Waals surface area contributed by atoms with Crippen molar-refractivity contribution in [3.8, 4) is 0 Å². The largest absolute Gasteiger partial charge is 0.350 e. The van der Waals surface area contributed by atoms with Gasteiger partial charge in [0.1, 0.15) is 11.7 Å². The lowest BCUT2D eigenvalue weighted by atomic mass is 10.1. The predicted octanol–water partition coefficient (Wildman–Crippen LogP) is 2.72. The Kier molecular flexibility index (Phi) is 5.30. The molecule has 0 spiro atoms. The Bertz CT molecular complexity index is 1150. The van der Waals surface area contributed by atoms with Crippen molar-refractivity contribution in [1.29, 1.82) is 0 Å². The van der Waals surface area contributed by atoms with Gasteiger partial charge in [0.2, 0.25) is 11.9 Å². The van der Waals surface area contributed by atoms with E-state index in [0.717, 1.165) is 17.7 Å². The van der Waals surface area contributed by atoms with E-state index < -0.39 is 11.6 Å². The molecule has 3 aromatic rings. The number of halogens is 2. The molecule has 0 saturated carbocycles. The third-order valence-corrected chi connectivity index (χ3v) is 5.44. The van der Waals surface area contributed by atoms with Crippen LogP contribution in [-0.4, -0.2) is 45.8 Å². The molecule has 1 amide bonds. The first-order chi connectivity index (χ1) is 14.7. The van der Waals surface area contributed by atoms with Crippen molar-refractivity contribution < 1.29 is 13.6 Å². The summed E-state index contributed by atoms with van der Waals surface area (Å²) in [6, 6.07) is 3.49. The molecule has 0 saturated heterocycles. The van der Waals surface area contributed by atoms with E-state index in [-0.39, 0.29) is 11.9 Å². The summed E-state index contributed by atoms with van der Waals surface area (Å²) < 4.78 is 28.1. The zero-order valence-corrected chi connectivity index (χ0v) is 17.7. The van der Waals surface area contributed by atoms with E-state index in [4.69, 9.17) is 0 Å². The van der Waals surface area contributed by atoms with Crippen molar-refractivity contribution in [2.24, 2.45) is 0 Å². The molecule has 0 aliphatic carbocycles. The highest BCUT2D eigenvalue weighted by Crippen LogP contribution is 2.35. The number of fused-ring (bicyclic) bond motifs is 1. The van der Waals surface area contributed by atoms with Gasteiger partial charge in [-0.1, -0.05) is 6.07 Å². The average Bonchev–Trinajstić information content (AvgIpc) is 3.18. The van der Waals surface area contributed by atoms with E-state index in [2.05, 4.69) is 20.4 Å². The summed E-state index contributed by atoms with van der Waals surface area (Å²) in [4.78, 5) is 24.9. The molecule has 3 heterocycles. The molecule has 31 heavy (non-hydrogen) atoms. The Morgan fingerprint density at radius 2 is 1.90 bits per heavy atom. The third kappa shape index (κ3) is 3.92. The SMILES string of the molecule is Cc1nc(NCc2cnn(Cc3ccc(F)c(F)c3)c2)nc2c1N(C)C(=O)[C@H](C)N2C. The van der Waals surface area contributed by atoms with E-state index in [0.29, 0.717) is 41.8 Å². The van der Waals surface area contributed by atoms with Gasteiger partial charge in [0.25, 0.3) is 0 Å². The quantitative estimate of drug-likeness (QED) is 0.675. The van der Waals surface area contributed by atoms with Gasteiger partial charge in [-0.3, -0.25) is 9.48 Å². The molecule has 162 valence electrons. The van der Waals surface area contributed by atoms with Crippen LogP contribution in [0.3, 0.4) is 0 Å². The number of anilines is 3. The van der Waals surface area contributed by atoms with Gasteiger partial charge in [-0.05, 0) is 31.5 Å². The molecule has 8 nitrogen and oxygen atoms in total. The summed E-state index contributed by atoms with van der Waals surface area (Å²) in [6.07, 6.45) is 3.51. The number of hydrogen-bond donors (Lipinski definition) is 1. The maximum absolute atomic E-state index is 13.4. The van der Waals surface area contributed by atoms with E-state index in [1.807, 2.05) is 32.0 Å². The highest BCUT2D eigenvalue weighted by atomic mass is 19.2. The number of hydrogen-bond acceptors (Lipinski definition) is 6. The summed E-state index contributed by atoms with van der Waals surface area (Å²) in [6.45, 7) is 4.45. The molecule has 1 N–H and O–H groups in total. The van der Waals surface area contributed by atoms with Gasteiger partial charge in [-0.2, -0.15) is 10.1 Å². The summed E-state index contributed by atoms with van der Waals surface area (Å²) in [5, 5.41) is 7.46. The van der Waals surface area contributed by atoms with Crippen molar-refractivity contribution >= 4 is 23.4 Å². The molecule has 0 fully saturated rings. The zero-order chi connectivity index (χ0) is 22.3. The smallest absolute Gasteiger partial charge is 0.249 e. The summed E-state index contributed by atoms with van der Waals surface area (Å²) in [7, 11) is 3.57. The normalized spacial score (nSPS) is 15.9. The number of nitrogens with one attached hydrogen (secondary N) is 1. The first kappa shape index (κ1) is 20.7. The number of rotatable bonds is 5. The highest BCUT2D eigenvalue weighted by molar-refractivity contribution is 6.04. The van der Waals surface area contributed by atoms with Crippen LogP contribution >= 0.6 is 0 Å². The van der Waals surface area contributed by atoms with Gasteiger partial charge < -0.3 is 15.1 Å². The van der Waals surface area contributed by atoms with Crippen LogP contribution in [0.2, 0.25) is 0 Å². The van der Waals surface area contributed by atoms with Crippen LogP contribution in [0.5, 0.6) is 0 Å². The number of aromatic nitrogens is 4. The Morgan fingerprint density at radius 1 is 1.13 bits per heavy atom. The molecule has 1 aliphatic heterocycles. The summed E-state index contributed by atoms with van der Waals surface area (Å²) in [5.74, 6) is -0.607. The van der Waals surface area contributed by atoms with Gasteiger partial charge in [-0.15, -0.1) is 0 Å². The Hall–Kier alpha value is -3.56. The zero-order valence-electron chi connectivity index (χ0n) is 17.7. The van der Waals surface area contributed by atoms with Crippen LogP contribution in [0.4, 0.5) is 26.2 Å². The number of aryl methyl sites for hydroxylation is 1. The molecule has 10 heteroatoms. The van der Waals surface area contributed by atoms with Crippen LogP contribution in [0, 0.1) is 18.6 Å². The van der Waals surface area contributed by atoms with Crippen molar-refractivity contribution in [3.05, 3.63) is 59.0 Å². The van der Waals surface area contributed by atoms with Gasteiger partial charge in [0.15, 0.2) is 17.5 Å². The van der Waals surface area contributed by atoms with Crippen molar-refractivity contribution in [1.82, 2.24) is 19.7 Å². The lowest BCUT2D eigenvalue weighted by Gasteiger charge is -2.37. The summed E-state index contributed by atoms with van der Waals surface area (Å²) in [5.41, 5.74) is 2.91. The number of carbonyl (C=O) groups is 1. The van der Waals surface area contributed by atoms with Gasteiger partial charge in [0, 0.05) is 32.4 Å². The fourth-order valence-corrected chi connectivity index (χ4v) is 3.60. The van der Waals surface area contributed by atoms with Crippen molar-refractivity contribution in [3.63, 3.8) is 0 Å². The second kappa shape index (κ2) is 7.93. The van der Waals surface area contributed by atoms with Crippen LogP contribution in [0.25, 0.3) is 0 Å². The molecular formula is C21H23F2N7O. The molecule has 0 bridgehead atoms. The van der Waals surface area contributed by atoms with Crippen LogP contribution in [0.15, 0.2) is 30.6 Å². The molecular weight excluding hydrogens is 404 g/mol. The fourth-order valence-electron chi connectivity index (χ4n) is 3.60. The molecule has 1 aromatic carbocycles. The second-order valence-corrected chi connectivity index (χ2v) is 7.64. The van der Waals surface area contributed by atoms with Gasteiger partial charge in [0.05, 0.1) is 18.4 Å². The number of likely N-dealkylation sites (N-methyl/N-ethyl adjacent to an activating group) is 2. The molecule has 4 rings (SSSR count). The number of amides is 1. The van der Waals surface area contributed by atoms with Crippen LogP contribution < -0.4 is 15.1 Å². The first-order valence-corrected chi connectivity index (χ1v) is 9.82. The first-order valence-electron chi connectivity index (χ1n) is 9.82.